The summed E-state index contributed by atoms with van der Waals surface area (Å²) in [7, 11) is 0. The first-order valence-corrected chi connectivity index (χ1v) is 5.91. The van der Waals surface area contributed by atoms with Crippen LogP contribution in [-0.2, 0) is 0 Å². The van der Waals surface area contributed by atoms with Crippen LogP contribution in [0.15, 0.2) is 36.4 Å². The zero-order valence-corrected chi connectivity index (χ0v) is 11.0. The van der Waals surface area contributed by atoms with Crippen molar-refractivity contribution in [3.05, 3.63) is 62.9 Å². The molecular weight excluding hydrogens is 305 g/mol. The molecule has 2 aromatic carbocycles. The number of hydrogen-bond donors (Lipinski definition) is 1. The summed E-state index contributed by atoms with van der Waals surface area (Å²) in [5.74, 6) is -2.65. The average molecular weight is 312 g/mol. The molecule has 0 saturated heterocycles. The first kappa shape index (κ1) is 14.7. The maximum absolute atomic E-state index is 13.1. The van der Waals surface area contributed by atoms with Gasteiger partial charge in [-0.15, -0.1) is 0 Å². The number of aromatic carboxylic acids is 1. The molecule has 2 aromatic rings. The van der Waals surface area contributed by atoms with Gasteiger partial charge >= 0.3 is 11.7 Å². The maximum Gasteiger partial charge on any atom is 0.339 e. The van der Waals surface area contributed by atoms with E-state index in [4.69, 9.17) is 21.4 Å². The van der Waals surface area contributed by atoms with Crippen LogP contribution < -0.4 is 4.74 Å². The zero-order valence-electron chi connectivity index (χ0n) is 10.2. The number of carboxylic acid groups (broad SMARTS) is 1. The standard InChI is InChI=1S/C13H7ClFNO5/c14-7-1-3-10(16(19)20)12(5-7)21-11-4-2-8(15)6-9(11)13(17)18/h1-6H,(H,17,18). The normalized spacial score (nSPS) is 10.2. The summed E-state index contributed by atoms with van der Waals surface area (Å²) >= 11 is 5.74. The number of nitro groups is 1. The van der Waals surface area contributed by atoms with Gasteiger partial charge in [0, 0.05) is 17.2 Å². The van der Waals surface area contributed by atoms with E-state index in [1.807, 2.05) is 0 Å². The lowest BCUT2D eigenvalue weighted by molar-refractivity contribution is -0.385. The zero-order chi connectivity index (χ0) is 15.6. The van der Waals surface area contributed by atoms with Crippen molar-refractivity contribution in [1.29, 1.82) is 0 Å². The number of halogens is 2. The molecule has 0 atom stereocenters. The molecule has 0 amide bonds. The first-order chi connectivity index (χ1) is 9.88. The molecule has 6 nitrogen and oxygen atoms in total. The number of hydrogen-bond acceptors (Lipinski definition) is 4. The molecule has 0 heterocycles. The second kappa shape index (κ2) is 5.76. The fourth-order valence-electron chi connectivity index (χ4n) is 1.60. The number of nitrogens with zero attached hydrogens (tertiary/aromatic N) is 1. The molecule has 8 heteroatoms. The quantitative estimate of drug-likeness (QED) is 0.683. The second-order valence-electron chi connectivity index (χ2n) is 3.92. The Labute approximate surface area is 122 Å². The van der Waals surface area contributed by atoms with Crippen LogP contribution in [0.5, 0.6) is 11.5 Å². The van der Waals surface area contributed by atoms with Crippen molar-refractivity contribution in [3.63, 3.8) is 0 Å². The van der Waals surface area contributed by atoms with Crippen molar-refractivity contribution in [1.82, 2.24) is 0 Å². The smallest absolute Gasteiger partial charge is 0.339 e. The van der Waals surface area contributed by atoms with Crippen molar-refractivity contribution < 1.29 is 24.0 Å². The molecule has 0 fully saturated rings. The van der Waals surface area contributed by atoms with Crippen LogP contribution in [0.1, 0.15) is 10.4 Å². The largest absolute Gasteiger partial charge is 0.478 e. The monoisotopic (exact) mass is 311 g/mol. The molecule has 0 aliphatic heterocycles. The Balaban J connectivity index is 2.50. The van der Waals surface area contributed by atoms with E-state index in [9.17, 15) is 19.3 Å². The van der Waals surface area contributed by atoms with Crippen LogP contribution in [0.4, 0.5) is 10.1 Å². The van der Waals surface area contributed by atoms with E-state index in [2.05, 4.69) is 0 Å². The highest BCUT2D eigenvalue weighted by molar-refractivity contribution is 6.30. The fraction of sp³-hybridized carbons (Fsp3) is 0. The predicted octanol–water partition coefficient (Wildman–Crippen LogP) is 3.88. The molecule has 0 unspecified atom stereocenters. The van der Waals surface area contributed by atoms with E-state index in [0.717, 1.165) is 24.3 Å². The minimum atomic E-state index is -1.42. The third-order valence-electron chi connectivity index (χ3n) is 2.51. The van der Waals surface area contributed by atoms with Crippen LogP contribution in [0, 0.1) is 15.9 Å². The summed E-state index contributed by atoms with van der Waals surface area (Å²) < 4.78 is 18.3. The highest BCUT2D eigenvalue weighted by atomic mass is 35.5. The Morgan fingerprint density at radius 2 is 1.95 bits per heavy atom. The SMILES string of the molecule is O=C(O)c1cc(F)ccc1Oc1cc(Cl)ccc1[N+](=O)[O-]. The molecule has 0 spiro atoms. The van der Waals surface area contributed by atoms with Crippen molar-refractivity contribution in [2.45, 2.75) is 0 Å². The lowest BCUT2D eigenvalue weighted by Crippen LogP contribution is -2.02. The molecule has 0 bridgehead atoms. The van der Waals surface area contributed by atoms with Crippen molar-refractivity contribution in [2.24, 2.45) is 0 Å². The van der Waals surface area contributed by atoms with Gasteiger partial charge in [-0.1, -0.05) is 11.6 Å². The van der Waals surface area contributed by atoms with Crippen molar-refractivity contribution in [3.8, 4) is 11.5 Å². The Hall–Kier alpha value is -2.67. The van der Waals surface area contributed by atoms with E-state index in [-0.39, 0.29) is 22.2 Å². The molecule has 0 aliphatic rings. The second-order valence-corrected chi connectivity index (χ2v) is 4.35. The summed E-state index contributed by atoms with van der Waals surface area (Å²) in [4.78, 5) is 21.2. The Morgan fingerprint density at radius 1 is 1.24 bits per heavy atom. The molecule has 1 N–H and O–H groups in total. The number of carboxylic acids is 1. The van der Waals surface area contributed by atoms with E-state index < -0.39 is 22.3 Å². The lowest BCUT2D eigenvalue weighted by Gasteiger charge is -2.09. The van der Waals surface area contributed by atoms with Gasteiger partial charge < -0.3 is 9.84 Å². The van der Waals surface area contributed by atoms with Crippen LogP contribution in [0.2, 0.25) is 5.02 Å². The lowest BCUT2D eigenvalue weighted by atomic mass is 10.2. The fourth-order valence-corrected chi connectivity index (χ4v) is 1.76. The van der Waals surface area contributed by atoms with Gasteiger partial charge in [-0.25, -0.2) is 9.18 Å². The van der Waals surface area contributed by atoms with Gasteiger partial charge in [-0.05, 0) is 24.3 Å². The Morgan fingerprint density at radius 3 is 2.57 bits per heavy atom. The summed E-state index contributed by atoms with van der Waals surface area (Å²) in [6.45, 7) is 0. The highest BCUT2D eigenvalue weighted by Gasteiger charge is 2.19. The molecule has 21 heavy (non-hydrogen) atoms. The Bertz CT molecular complexity index is 734. The van der Waals surface area contributed by atoms with Gasteiger partial charge in [0.2, 0.25) is 5.75 Å². The van der Waals surface area contributed by atoms with E-state index >= 15 is 0 Å². The van der Waals surface area contributed by atoms with Crippen molar-refractivity contribution in [2.75, 3.05) is 0 Å². The predicted molar refractivity (Wildman–Crippen MR) is 71.5 cm³/mol. The number of ether oxygens (including phenoxy) is 1. The first-order valence-electron chi connectivity index (χ1n) is 5.53. The minimum absolute atomic E-state index is 0.176. The van der Waals surface area contributed by atoms with E-state index in [0.29, 0.717) is 0 Å². The molecule has 0 saturated carbocycles. The number of carbonyl (C=O) groups is 1. The van der Waals surface area contributed by atoms with Crippen molar-refractivity contribution >= 4 is 23.3 Å². The van der Waals surface area contributed by atoms with Gasteiger partial charge in [-0.2, -0.15) is 0 Å². The number of rotatable bonds is 4. The number of nitro benzene ring substituents is 1. The average Bonchev–Trinajstić information content (AvgIpc) is 2.40. The van der Waals surface area contributed by atoms with Gasteiger partial charge in [0.1, 0.15) is 17.1 Å². The molecule has 0 aromatic heterocycles. The van der Waals surface area contributed by atoms with Gasteiger partial charge in [0.05, 0.1) is 4.92 Å². The summed E-state index contributed by atoms with van der Waals surface area (Å²) in [6.07, 6.45) is 0. The molecule has 108 valence electrons. The molecule has 2 rings (SSSR count). The van der Waals surface area contributed by atoms with Crippen LogP contribution >= 0.6 is 11.6 Å². The van der Waals surface area contributed by atoms with E-state index in [1.54, 1.807) is 0 Å². The van der Waals surface area contributed by atoms with Crippen LogP contribution in [-0.4, -0.2) is 16.0 Å². The van der Waals surface area contributed by atoms with Crippen LogP contribution in [0.3, 0.4) is 0 Å². The maximum atomic E-state index is 13.1. The van der Waals surface area contributed by atoms with Gasteiger partial charge in [0.25, 0.3) is 0 Å². The summed E-state index contributed by atoms with van der Waals surface area (Å²) in [5, 5.41) is 20.1. The molecule has 0 radical (unpaired) electrons. The molecule has 0 aliphatic carbocycles. The number of benzene rings is 2. The Kier molecular flexibility index (Phi) is 4.04. The molecular formula is C13H7ClFNO5. The van der Waals surface area contributed by atoms with Gasteiger partial charge in [-0.3, -0.25) is 10.1 Å². The summed E-state index contributed by atoms with van der Waals surface area (Å²) in [6, 6.07) is 6.42. The topological polar surface area (TPSA) is 89.7 Å². The third kappa shape index (κ3) is 3.26. The minimum Gasteiger partial charge on any atom is -0.478 e. The third-order valence-corrected chi connectivity index (χ3v) is 2.75. The van der Waals surface area contributed by atoms with Crippen LogP contribution in [0.25, 0.3) is 0 Å². The summed E-state index contributed by atoms with van der Waals surface area (Å²) in [5.41, 5.74) is -0.843. The highest BCUT2D eigenvalue weighted by Crippen LogP contribution is 2.35. The van der Waals surface area contributed by atoms with E-state index in [1.165, 1.54) is 12.1 Å². The van der Waals surface area contributed by atoms with Gasteiger partial charge in [0.15, 0.2) is 0 Å².